The number of nitrogen functional groups attached to an aromatic ring is 2. The number of anilines is 2. The monoisotopic (exact) mass is 363 g/mol. The van der Waals surface area contributed by atoms with Crippen LogP contribution in [-0.4, -0.2) is 37.0 Å². The maximum Gasteiger partial charge on any atom is 0.410 e. The van der Waals surface area contributed by atoms with Crippen LogP contribution in [0.4, 0.5) is 16.2 Å². The number of carbonyl (C=O) groups excluding carboxylic acids is 2. The highest BCUT2D eigenvalue weighted by Crippen LogP contribution is 2.23. The minimum atomic E-state index is -0.487. The van der Waals surface area contributed by atoms with Gasteiger partial charge in [0.2, 0.25) is 0 Å². The molecule has 138 valence electrons. The summed E-state index contributed by atoms with van der Waals surface area (Å²) in [6.45, 7) is 0.350. The quantitative estimate of drug-likeness (QED) is 0.631. The van der Waals surface area contributed by atoms with Crippen molar-refractivity contribution < 1.29 is 14.3 Å². The van der Waals surface area contributed by atoms with Crippen LogP contribution in [0.15, 0.2) is 59.7 Å². The molecule has 1 fully saturated rings. The third-order valence-corrected chi connectivity index (χ3v) is 4.24. The fourth-order valence-corrected chi connectivity index (χ4v) is 3.00. The van der Waals surface area contributed by atoms with Crippen molar-refractivity contribution >= 4 is 35.4 Å². The van der Waals surface area contributed by atoms with Crippen LogP contribution in [-0.2, 0) is 9.53 Å². The van der Waals surface area contributed by atoms with Crippen molar-refractivity contribution in [3.05, 3.63) is 70.8 Å². The van der Waals surface area contributed by atoms with Gasteiger partial charge in [0.25, 0.3) is 0 Å². The highest BCUT2D eigenvalue weighted by molar-refractivity contribution is 6.15. The van der Waals surface area contributed by atoms with Crippen molar-refractivity contribution in [1.29, 1.82) is 0 Å². The zero-order valence-corrected chi connectivity index (χ0v) is 15.0. The van der Waals surface area contributed by atoms with Gasteiger partial charge in [-0.25, -0.2) is 4.79 Å². The second-order valence-corrected chi connectivity index (χ2v) is 6.33. The van der Waals surface area contributed by atoms with E-state index < -0.39 is 6.09 Å². The third kappa shape index (κ3) is 4.36. The molecule has 6 nitrogen and oxygen atoms in total. The minimum Gasteiger partial charge on any atom is -0.453 e. The predicted molar refractivity (Wildman–Crippen MR) is 107 cm³/mol. The van der Waals surface area contributed by atoms with Gasteiger partial charge in [0.1, 0.15) is 0 Å². The number of likely N-dealkylation sites (tertiary alicyclic amines) is 1. The topological polar surface area (TPSA) is 98.6 Å². The molecule has 0 aromatic heterocycles. The predicted octanol–water partition coefficient (Wildman–Crippen LogP) is 2.97. The SMILES string of the molecule is COC(=O)N1C/C(=C\c2cccc(N)c2)C(=O)/C(=C/c2cccc(N)c2)C1. The fourth-order valence-electron chi connectivity index (χ4n) is 3.00. The Hall–Kier alpha value is -3.54. The van der Waals surface area contributed by atoms with E-state index in [-0.39, 0.29) is 18.9 Å². The summed E-state index contributed by atoms with van der Waals surface area (Å²) in [4.78, 5) is 26.5. The van der Waals surface area contributed by atoms with Gasteiger partial charge in [0, 0.05) is 22.5 Å². The van der Waals surface area contributed by atoms with Crippen molar-refractivity contribution in [3.8, 4) is 0 Å². The molecule has 1 heterocycles. The van der Waals surface area contributed by atoms with E-state index in [0.29, 0.717) is 22.5 Å². The zero-order valence-electron chi connectivity index (χ0n) is 15.0. The molecule has 1 aliphatic rings. The Morgan fingerprint density at radius 3 is 1.85 bits per heavy atom. The highest BCUT2D eigenvalue weighted by atomic mass is 16.5. The molecule has 4 N–H and O–H groups in total. The molecule has 0 atom stereocenters. The summed E-state index contributed by atoms with van der Waals surface area (Å²) >= 11 is 0. The Morgan fingerprint density at radius 2 is 1.44 bits per heavy atom. The summed E-state index contributed by atoms with van der Waals surface area (Å²) in [6.07, 6.45) is 3.02. The van der Waals surface area contributed by atoms with Crippen LogP contribution < -0.4 is 11.5 Å². The smallest absolute Gasteiger partial charge is 0.410 e. The van der Waals surface area contributed by atoms with Crippen molar-refractivity contribution in [3.63, 3.8) is 0 Å². The molecule has 3 rings (SSSR count). The van der Waals surface area contributed by atoms with Crippen LogP contribution in [0.25, 0.3) is 12.2 Å². The first kappa shape index (κ1) is 18.3. The lowest BCUT2D eigenvalue weighted by atomic mass is 9.94. The minimum absolute atomic E-state index is 0.111. The average molecular weight is 363 g/mol. The van der Waals surface area contributed by atoms with Crippen LogP contribution >= 0.6 is 0 Å². The van der Waals surface area contributed by atoms with E-state index in [0.717, 1.165) is 11.1 Å². The summed E-state index contributed by atoms with van der Waals surface area (Å²) in [5.74, 6) is -0.111. The molecule has 1 amide bonds. The van der Waals surface area contributed by atoms with Crippen molar-refractivity contribution in [2.45, 2.75) is 0 Å². The van der Waals surface area contributed by atoms with Gasteiger partial charge in [-0.15, -0.1) is 0 Å². The van der Waals surface area contributed by atoms with Crippen LogP contribution in [0.5, 0.6) is 0 Å². The first-order chi connectivity index (χ1) is 13.0. The van der Waals surface area contributed by atoms with Gasteiger partial charge in [-0.05, 0) is 47.5 Å². The van der Waals surface area contributed by atoms with E-state index in [4.69, 9.17) is 16.2 Å². The Bertz CT molecular complexity index is 880. The molecule has 0 saturated carbocycles. The van der Waals surface area contributed by atoms with Gasteiger partial charge in [-0.2, -0.15) is 0 Å². The van der Waals surface area contributed by atoms with E-state index in [1.54, 1.807) is 36.4 Å². The fraction of sp³-hybridized carbons (Fsp3) is 0.143. The summed E-state index contributed by atoms with van der Waals surface area (Å²) < 4.78 is 4.84. The normalized spacial score (nSPS) is 17.4. The van der Waals surface area contributed by atoms with E-state index in [1.165, 1.54) is 12.0 Å². The van der Waals surface area contributed by atoms with Gasteiger partial charge < -0.3 is 16.2 Å². The van der Waals surface area contributed by atoms with Gasteiger partial charge in [0.15, 0.2) is 5.78 Å². The van der Waals surface area contributed by atoms with E-state index in [2.05, 4.69) is 0 Å². The van der Waals surface area contributed by atoms with Gasteiger partial charge in [-0.3, -0.25) is 9.69 Å². The van der Waals surface area contributed by atoms with Gasteiger partial charge in [-0.1, -0.05) is 24.3 Å². The molecular formula is C21H21N3O3. The zero-order chi connectivity index (χ0) is 19.4. The number of ketones is 1. The van der Waals surface area contributed by atoms with Crippen molar-refractivity contribution in [2.75, 3.05) is 31.7 Å². The maximum atomic E-state index is 13.0. The van der Waals surface area contributed by atoms with Crippen molar-refractivity contribution in [1.82, 2.24) is 4.90 Å². The number of nitrogens with two attached hydrogens (primary N) is 2. The second-order valence-electron chi connectivity index (χ2n) is 6.33. The number of rotatable bonds is 2. The number of Topliss-reactive ketones (excluding diaryl/α,β-unsaturated/α-hetero) is 1. The first-order valence-corrected chi connectivity index (χ1v) is 8.46. The number of piperidine rings is 1. The van der Waals surface area contributed by atoms with Gasteiger partial charge >= 0.3 is 6.09 Å². The molecule has 0 radical (unpaired) electrons. The number of hydrogen-bond donors (Lipinski definition) is 2. The molecule has 2 aromatic rings. The Kier molecular flexibility index (Phi) is 5.26. The van der Waals surface area contributed by atoms with Gasteiger partial charge in [0.05, 0.1) is 20.2 Å². The molecule has 0 bridgehead atoms. The standard InChI is InChI=1S/C21H21N3O3/c1-27-21(26)24-12-16(8-14-4-2-6-18(22)10-14)20(25)17(13-24)9-15-5-3-7-19(23)11-15/h2-11H,12-13,22-23H2,1H3/b16-8+,17-9+. The van der Waals surface area contributed by atoms with Crippen LogP contribution in [0.2, 0.25) is 0 Å². The molecule has 1 aliphatic heterocycles. The molecular weight excluding hydrogens is 342 g/mol. The lowest BCUT2D eigenvalue weighted by Crippen LogP contribution is -2.41. The summed E-state index contributed by atoms with van der Waals surface area (Å²) in [7, 11) is 1.32. The second kappa shape index (κ2) is 7.78. The number of hydrogen-bond acceptors (Lipinski definition) is 5. The van der Waals surface area contributed by atoms with Crippen LogP contribution in [0.1, 0.15) is 11.1 Å². The van der Waals surface area contributed by atoms with Crippen LogP contribution in [0, 0.1) is 0 Å². The van der Waals surface area contributed by atoms with E-state index in [9.17, 15) is 9.59 Å². The summed E-state index contributed by atoms with van der Waals surface area (Å²) in [6, 6.07) is 14.4. The van der Waals surface area contributed by atoms with Crippen molar-refractivity contribution in [2.24, 2.45) is 0 Å². The van der Waals surface area contributed by atoms with E-state index >= 15 is 0 Å². The molecule has 2 aromatic carbocycles. The number of methoxy groups -OCH3 is 1. The molecule has 1 saturated heterocycles. The Labute approximate surface area is 157 Å². The average Bonchev–Trinajstić information content (AvgIpc) is 2.64. The number of carbonyl (C=O) groups is 2. The third-order valence-electron chi connectivity index (χ3n) is 4.24. The molecule has 0 aliphatic carbocycles. The Balaban J connectivity index is 2.00. The highest BCUT2D eigenvalue weighted by Gasteiger charge is 2.29. The summed E-state index contributed by atoms with van der Waals surface area (Å²) in [5, 5.41) is 0. The number of ether oxygens (including phenoxy) is 1. The Morgan fingerprint density at radius 1 is 0.963 bits per heavy atom. The number of nitrogens with zero attached hydrogens (tertiary/aromatic N) is 1. The largest absolute Gasteiger partial charge is 0.453 e. The first-order valence-electron chi connectivity index (χ1n) is 8.46. The molecule has 27 heavy (non-hydrogen) atoms. The molecule has 0 unspecified atom stereocenters. The summed E-state index contributed by atoms with van der Waals surface area (Å²) in [5.41, 5.74) is 15.4. The lowest BCUT2D eigenvalue weighted by Gasteiger charge is -2.28. The van der Waals surface area contributed by atoms with Crippen LogP contribution in [0.3, 0.4) is 0 Å². The molecule has 6 heteroatoms. The number of benzene rings is 2. The lowest BCUT2D eigenvalue weighted by molar-refractivity contribution is -0.113. The maximum absolute atomic E-state index is 13.0. The molecule has 0 spiro atoms. The van der Waals surface area contributed by atoms with E-state index in [1.807, 2.05) is 24.3 Å². The number of amides is 1.